The number of hydrogen-bond donors (Lipinski definition) is 2. The molecule has 0 aliphatic heterocycles. The highest BCUT2D eigenvalue weighted by Gasteiger charge is 2.21. The lowest BCUT2D eigenvalue weighted by Gasteiger charge is -2.19. The van der Waals surface area contributed by atoms with Crippen molar-refractivity contribution in [3.63, 3.8) is 0 Å². The first-order chi connectivity index (χ1) is 8.60. The maximum Gasteiger partial charge on any atom is 0.128 e. The first kappa shape index (κ1) is 13.2. The maximum atomic E-state index is 6.21. The number of ether oxygens (including phenoxy) is 1. The molecule has 1 aromatic carbocycles. The molecule has 1 atom stereocenters. The van der Waals surface area contributed by atoms with E-state index in [9.17, 15) is 0 Å². The van der Waals surface area contributed by atoms with Gasteiger partial charge in [0.2, 0.25) is 0 Å². The normalized spacial score (nSPS) is 13.2. The van der Waals surface area contributed by atoms with Crippen molar-refractivity contribution in [2.75, 3.05) is 13.7 Å². The molecule has 0 saturated heterocycles. The number of hydrogen-bond acceptors (Lipinski definition) is 2. The third-order valence-corrected chi connectivity index (χ3v) is 3.77. The van der Waals surface area contributed by atoms with Crippen molar-refractivity contribution in [2.45, 2.75) is 19.8 Å². The molecule has 0 saturated carbocycles. The van der Waals surface area contributed by atoms with E-state index in [0.29, 0.717) is 23.4 Å². The average molecular weight is 267 g/mol. The molecule has 18 heavy (non-hydrogen) atoms. The first-order valence-corrected chi connectivity index (χ1v) is 6.51. The zero-order valence-corrected chi connectivity index (χ0v) is 11.7. The van der Waals surface area contributed by atoms with Crippen LogP contribution in [0, 0.1) is 5.92 Å². The van der Waals surface area contributed by atoms with Gasteiger partial charge in [-0.25, -0.2) is 0 Å². The van der Waals surface area contributed by atoms with E-state index in [1.54, 1.807) is 7.11 Å². The van der Waals surface area contributed by atoms with Gasteiger partial charge in [0.05, 0.1) is 17.6 Å². The SMILES string of the molecule is COc1ccc(Cl)c2[nH]cc(C(CN)C(C)C)c12. The summed E-state index contributed by atoms with van der Waals surface area (Å²) in [6.45, 7) is 4.96. The van der Waals surface area contributed by atoms with E-state index < -0.39 is 0 Å². The van der Waals surface area contributed by atoms with Crippen LogP contribution in [-0.2, 0) is 0 Å². The summed E-state index contributed by atoms with van der Waals surface area (Å²) in [6.07, 6.45) is 2.00. The number of aromatic nitrogens is 1. The molecule has 3 N–H and O–H groups in total. The van der Waals surface area contributed by atoms with Crippen LogP contribution in [0.2, 0.25) is 5.02 Å². The molecule has 1 aromatic heterocycles. The minimum Gasteiger partial charge on any atom is -0.496 e. The minimum absolute atomic E-state index is 0.297. The lowest BCUT2D eigenvalue weighted by Crippen LogP contribution is -2.17. The topological polar surface area (TPSA) is 51.0 Å². The zero-order valence-electron chi connectivity index (χ0n) is 11.0. The standard InChI is InChI=1S/C14H19ClN2O/c1-8(2)9(6-16)10-7-17-14-11(15)4-5-12(18-3)13(10)14/h4-5,7-9,17H,6,16H2,1-3H3. The second kappa shape index (κ2) is 5.21. The number of halogens is 1. The summed E-state index contributed by atoms with van der Waals surface area (Å²) in [5.41, 5.74) is 8.00. The Labute approximate surface area is 112 Å². The van der Waals surface area contributed by atoms with E-state index in [4.69, 9.17) is 22.1 Å². The Morgan fingerprint density at radius 3 is 2.67 bits per heavy atom. The predicted molar refractivity (Wildman–Crippen MR) is 76.5 cm³/mol. The van der Waals surface area contributed by atoms with Gasteiger partial charge in [-0.1, -0.05) is 25.4 Å². The molecule has 1 unspecified atom stereocenters. The van der Waals surface area contributed by atoms with Crippen LogP contribution in [0.1, 0.15) is 25.3 Å². The molecule has 2 aromatic rings. The molecule has 0 bridgehead atoms. The van der Waals surface area contributed by atoms with Gasteiger partial charge in [-0.05, 0) is 30.2 Å². The van der Waals surface area contributed by atoms with Crippen LogP contribution < -0.4 is 10.5 Å². The summed E-state index contributed by atoms with van der Waals surface area (Å²) in [4.78, 5) is 3.23. The van der Waals surface area contributed by atoms with Gasteiger partial charge in [-0.2, -0.15) is 0 Å². The van der Waals surface area contributed by atoms with Gasteiger partial charge >= 0.3 is 0 Å². The van der Waals surface area contributed by atoms with Gasteiger partial charge < -0.3 is 15.5 Å². The Bertz CT molecular complexity index is 548. The Morgan fingerprint density at radius 1 is 1.39 bits per heavy atom. The number of nitrogens with two attached hydrogens (primary N) is 1. The number of rotatable bonds is 4. The molecule has 0 aliphatic carbocycles. The maximum absolute atomic E-state index is 6.21. The van der Waals surface area contributed by atoms with Gasteiger partial charge in [-0.3, -0.25) is 0 Å². The number of methoxy groups -OCH3 is 1. The summed E-state index contributed by atoms with van der Waals surface area (Å²) in [6, 6.07) is 3.74. The summed E-state index contributed by atoms with van der Waals surface area (Å²) >= 11 is 6.21. The van der Waals surface area contributed by atoms with Crippen LogP contribution in [0.5, 0.6) is 5.75 Å². The third kappa shape index (κ3) is 2.08. The molecule has 0 fully saturated rings. The highest BCUT2D eigenvalue weighted by Crippen LogP contribution is 2.38. The van der Waals surface area contributed by atoms with Crippen LogP contribution in [0.25, 0.3) is 10.9 Å². The molecule has 0 spiro atoms. The number of H-pyrrole nitrogens is 1. The molecular weight excluding hydrogens is 248 g/mol. The van der Waals surface area contributed by atoms with Crippen molar-refractivity contribution in [1.82, 2.24) is 4.98 Å². The summed E-state index contributed by atoms with van der Waals surface area (Å²) in [5, 5.41) is 1.76. The van der Waals surface area contributed by atoms with E-state index in [2.05, 4.69) is 18.8 Å². The van der Waals surface area contributed by atoms with Crippen LogP contribution >= 0.6 is 11.6 Å². The average Bonchev–Trinajstić information content (AvgIpc) is 2.76. The Hall–Kier alpha value is -1.19. The lowest BCUT2D eigenvalue weighted by atomic mass is 9.88. The van der Waals surface area contributed by atoms with E-state index in [1.807, 2.05) is 18.3 Å². The predicted octanol–water partition coefficient (Wildman–Crippen LogP) is 3.53. The molecule has 3 nitrogen and oxygen atoms in total. The highest BCUT2D eigenvalue weighted by molar-refractivity contribution is 6.35. The number of aromatic amines is 1. The fourth-order valence-corrected chi connectivity index (χ4v) is 2.64. The quantitative estimate of drug-likeness (QED) is 0.889. The smallest absolute Gasteiger partial charge is 0.128 e. The Balaban J connectivity index is 2.68. The molecule has 0 radical (unpaired) electrons. The Kier molecular flexibility index (Phi) is 3.83. The van der Waals surface area contributed by atoms with Crippen molar-refractivity contribution in [3.8, 4) is 5.75 Å². The van der Waals surface area contributed by atoms with Crippen LogP contribution in [0.3, 0.4) is 0 Å². The molecule has 2 rings (SSSR count). The molecule has 0 amide bonds. The van der Waals surface area contributed by atoms with Crippen molar-refractivity contribution in [3.05, 3.63) is 28.9 Å². The van der Waals surface area contributed by atoms with Crippen LogP contribution in [0.15, 0.2) is 18.3 Å². The molecular formula is C14H19ClN2O. The van der Waals surface area contributed by atoms with Crippen molar-refractivity contribution < 1.29 is 4.74 Å². The van der Waals surface area contributed by atoms with E-state index >= 15 is 0 Å². The molecule has 1 heterocycles. The second-order valence-corrected chi connectivity index (χ2v) is 5.24. The molecule has 98 valence electrons. The molecule has 0 aliphatic rings. The lowest BCUT2D eigenvalue weighted by molar-refractivity contribution is 0.418. The van der Waals surface area contributed by atoms with Crippen LogP contribution in [0.4, 0.5) is 0 Å². The third-order valence-electron chi connectivity index (χ3n) is 3.46. The van der Waals surface area contributed by atoms with Crippen LogP contribution in [-0.4, -0.2) is 18.6 Å². The number of fused-ring (bicyclic) bond motifs is 1. The van der Waals surface area contributed by atoms with E-state index in [0.717, 1.165) is 16.7 Å². The van der Waals surface area contributed by atoms with E-state index in [1.165, 1.54) is 5.56 Å². The van der Waals surface area contributed by atoms with Gasteiger partial charge in [0.25, 0.3) is 0 Å². The van der Waals surface area contributed by atoms with Gasteiger partial charge in [0.1, 0.15) is 5.75 Å². The number of benzene rings is 1. The highest BCUT2D eigenvalue weighted by atomic mass is 35.5. The van der Waals surface area contributed by atoms with Crippen molar-refractivity contribution >= 4 is 22.5 Å². The fraction of sp³-hybridized carbons (Fsp3) is 0.429. The summed E-state index contributed by atoms with van der Waals surface area (Å²) in [7, 11) is 1.67. The van der Waals surface area contributed by atoms with Gasteiger partial charge in [0.15, 0.2) is 0 Å². The van der Waals surface area contributed by atoms with Crippen molar-refractivity contribution in [2.24, 2.45) is 11.7 Å². The van der Waals surface area contributed by atoms with E-state index in [-0.39, 0.29) is 0 Å². The Morgan fingerprint density at radius 2 is 2.11 bits per heavy atom. The van der Waals surface area contributed by atoms with Crippen molar-refractivity contribution in [1.29, 1.82) is 0 Å². The first-order valence-electron chi connectivity index (χ1n) is 6.13. The monoisotopic (exact) mass is 266 g/mol. The zero-order chi connectivity index (χ0) is 13.3. The second-order valence-electron chi connectivity index (χ2n) is 4.83. The largest absolute Gasteiger partial charge is 0.496 e. The molecule has 4 heteroatoms. The van der Waals surface area contributed by atoms with Gasteiger partial charge in [0, 0.05) is 17.5 Å². The minimum atomic E-state index is 0.297. The summed E-state index contributed by atoms with van der Waals surface area (Å²) in [5.74, 6) is 1.61. The number of nitrogens with one attached hydrogen (secondary N) is 1. The fourth-order valence-electron chi connectivity index (χ4n) is 2.43. The van der Waals surface area contributed by atoms with Gasteiger partial charge in [-0.15, -0.1) is 0 Å². The summed E-state index contributed by atoms with van der Waals surface area (Å²) < 4.78 is 5.44.